The molecular formula is C7H11N3O2S2. The Morgan fingerprint density at radius 2 is 2.07 bits per heavy atom. The molecule has 0 amide bonds. The van der Waals surface area contributed by atoms with Gasteiger partial charge in [-0.1, -0.05) is 11.3 Å². The van der Waals surface area contributed by atoms with Crippen molar-refractivity contribution in [2.24, 2.45) is 0 Å². The third kappa shape index (κ3) is 1.62. The summed E-state index contributed by atoms with van der Waals surface area (Å²) in [5.41, 5.74) is 5.40. The van der Waals surface area contributed by atoms with E-state index in [0.717, 1.165) is 24.2 Å². The van der Waals surface area contributed by atoms with Crippen LogP contribution in [0.25, 0.3) is 0 Å². The van der Waals surface area contributed by atoms with Gasteiger partial charge in [0.05, 0.1) is 6.20 Å². The Morgan fingerprint density at radius 3 is 2.57 bits per heavy atom. The van der Waals surface area contributed by atoms with E-state index in [1.54, 1.807) is 0 Å². The Labute approximate surface area is 86.6 Å². The van der Waals surface area contributed by atoms with E-state index >= 15 is 0 Å². The average Bonchev–Trinajstić information content (AvgIpc) is 2.72. The van der Waals surface area contributed by atoms with E-state index in [1.165, 1.54) is 10.5 Å². The van der Waals surface area contributed by atoms with Crippen LogP contribution < -0.4 is 5.73 Å². The van der Waals surface area contributed by atoms with Crippen LogP contribution in [0.15, 0.2) is 10.4 Å². The van der Waals surface area contributed by atoms with Crippen LogP contribution in [-0.4, -0.2) is 30.8 Å². The first-order valence-corrected chi connectivity index (χ1v) is 6.58. The maximum atomic E-state index is 11.9. The Morgan fingerprint density at radius 1 is 1.43 bits per heavy atom. The molecule has 2 heterocycles. The maximum absolute atomic E-state index is 11.9. The fourth-order valence-corrected chi connectivity index (χ4v) is 4.04. The second-order valence-electron chi connectivity index (χ2n) is 3.13. The van der Waals surface area contributed by atoms with Gasteiger partial charge in [-0.15, -0.1) is 0 Å². The summed E-state index contributed by atoms with van der Waals surface area (Å²) in [4.78, 5) is 3.74. The van der Waals surface area contributed by atoms with Gasteiger partial charge in [-0.2, -0.15) is 4.31 Å². The van der Waals surface area contributed by atoms with Crippen molar-refractivity contribution >= 4 is 26.5 Å². The van der Waals surface area contributed by atoms with Crippen molar-refractivity contribution in [1.82, 2.24) is 9.29 Å². The number of rotatable bonds is 2. The third-order valence-corrected chi connectivity index (χ3v) is 5.32. The summed E-state index contributed by atoms with van der Waals surface area (Å²) in [5.74, 6) is 0. The molecule has 0 atom stereocenters. The van der Waals surface area contributed by atoms with Crippen molar-refractivity contribution in [2.75, 3.05) is 18.8 Å². The summed E-state index contributed by atoms with van der Waals surface area (Å²) in [7, 11) is -3.31. The van der Waals surface area contributed by atoms with Crippen LogP contribution in [0.2, 0.25) is 0 Å². The van der Waals surface area contributed by atoms with Crippen LogP contribution in [0, 0.1) is 0 Å². The summed E-state index contributed by atoms with van der Waals surface area (Å²) in [5, 5.41) is 0.294. The van der Waals surface area contributed by atoms with Gasteiger partial charge in [-0.05, 0) is 12.8 Å². The van der Waals surface area contributed by atoms with E-state index in [-0.39, 0.29) is 4.21 Å². The fraction of sp³-hybridized carbons (Fsp3) is 0.571. The second-order valence-corrected chi connectivity index (χ2v) is 6.36. The molecule has 1 aliphatic heterocycles. The first kappa shape index (κ1) is 9.88. The van der Waals surface area contributed by atoms with Crippen molar-refractivity contribution in [3.8, 4) is 0 Å². The molecule has 2 rings (SSSR count). The zero-order valence-corrected chi connectivity index (χ0v) is 9.14. The Bertz CT molecular complexity index is 420. The zero-order chi connectivity index (χ0) is 10.2. The van der Waals surface area contributed by atoms with Crippen LogP contribution in [0.3, 0.4) is 0 Å². The third-order valence-electron chi connectivity index (χ3n) is 2.16. The van der Waals surface area contributed by atoms with Gasteiger partial charge in [0.2, 0.25) is 0 Å². The molecule has 1 aliphatic rings. The molecule has 1 aromatic rings. The number of hydrogen-bond donors (Lipinski definition) is 1. The molecule has 0 bridgehead atoms. The van der Waals surface area contributed by atoms with Crippen LogP contribution in [-0.2, 0) is 10.0 Å². The number of thiazole rings is 1. The predicted octanol–water partition coefficient (Wildman–Crippen LogP) is 0.510. The molecule has 2 N–H and O–H groups in total. The number of sulfonamides is 1. The van der Waals surface area contributed by atoms with Crippen molar-refractivity contribution in [3.63, 3.8) is 0 Å². The first-order chi connectivity index (χ1) is 6.60. The van der Waals surface area contributed by atoms with E-state index < -0.39 is 10.0 Å². The van der Waals surface area contributed by atoms with Gasteiger partial charge in [0, 0.05) is 13.1 Å². The highest BCUT2D eigenvalue weighted by Crippen LogP contribution is 2.26. The first-order valence-electron chi connectivity index (χ1n) is 4.32. The van der Waals surface area contributed by atoms with Crippen LogP contribution >= 0.6 is 11.3 Å². The molecule has 0 aliphatic carbocycles. The highest BCUT2D eigenvalue weighted by Gasteiger charge is 2.28. The Balaban J connectivity index is 2.32. The SMILES string of the molecule is Nc1ncc(S(=O)(=O)N2CCCC2)s1. The van der Waals surface area contributed by atoms with Crippen LogP contribution in [0.5, 0.6) is 0 Å². The minimum absolute atomic E-state index is 0.247. The average molecular weight is 233 g/mol. The molecule has 1 fully saturated rings. The topological polar surface area (TPSA) is 76.3 Å². The lowest BCUT2D eigenvalue weighted by Crippen LogP contribution is -2.27. The minimum Gasteiger partial charge on any atom is -0.375 e. The molecule has 14 heavy (non-hydrogen) atoms. The zero-order valence-electron chi connectivity index (χ0n) is 7.51. The highest BCUT2D eigenvalue weighted by atomic mass is 32.2. The molecule has 78 valence electrons. The van der Waals surface area contributed by atoms with Gasteiger partial charge < -0.3 is 5.73 Å². The Hall–Kier alpha value is -0.660. The number of hydrogen-bond acceptors (Lipinski definition) is 5. The largest absolute Gasteiger partial charge is 0.375 e. The molecule has 0 radical (unpaired) electrons. The van der Waals surface area contributed by atoms with Gasteiger partial charge in [0.1, 0.15) is 0 Å². The molecule has 0 unspecified atom stereocenters. The quantitative estimate of drug-likeness (QED) is 0.807. The van der Waals surface area contributed by atoms with E-state index in [0.29, 0.717) is 18.2 Å². The van der Waals surface area contributed by atoms with Crippen molar-refractivity contribution < 1.29 is 8.42 Å². The molecule has 0 saturated carbocycles. The summed E-state index contributed by atoms with van der Waals surface area (Å²) >= 11 is 1.02. The maximum Gasteiger partial charge on any atom is 0.254 e. The van der Waals surface area contributed by atoms with E-state index in [1.807, 2.05) is 0 Å². The molecule has 7 heteroatoms. The number of nitrogen functional groups attached to an aromatic ring is 1. The smallest absolute Gasteiger partial charge is 0.254 e. The summed E-state index contributed by atoms with van der Waals surface area (Å²) in [6.07, 6.45) is 3.20. The van der Waals surface area contributed by atoms with Crippen molar-refractivity contribution in [3.05, 3.63) is 6.20 Å². The standard InChI is InChI=1S/C7H11N3O2S2/c8-7-9-5-6(13-7)14(11,12)10-3-1-2-4-10/h5H,1-4H2,(H2,8,9). The molecule has 5 nitrogen and oxygen atoms in total. The summed E-state index contributed by atoms with van der Waals surface area (Å²) in [6, 6.07) is 0. The van der Waals surface area contributed by atoms with Gasteiger partial charge >= 0.3 is 0 Å². The van der Waals surface area contributed by atoms with Crippen molar-refractivity contribution in [2.45, 2.75) is 17.1 Å². The fourth-order valence-electron chi connectivity index (χ4n) is 1.45. The summed E-state index contributed by atoms with van der Waals surface area (Å²) < 4.78 is 25.5. The number of nitrogens with zero attached hydrogens (tertiary/aromatic N) is 2. The van der Waals surface area contributed by atoms with Gasteiger partial charge in [0.25, 0.3) is 10.0 Å². The predicted molar refractivity (Wildman–Crippen MR) is 54.5 cm³/mol. The molecule has 1 saturated heterocycles. The molecule has 0 spiro atoms. The van der Waals surface area contributed by atoms with E-state index in [4.69, 9.17) is 5.73 Å². The molecule has 0 aromatic carbocycles. The lowest BCUT2D eigenvalue weighted by atomic mass is 10.4. The minimum atomic E-state index is -3.31. The molecule has 1 aromatic heterocycles. The van der Waals surface area contributed by atoms with Gasteiger partial charge in [0.15, 0.2) is 9.34 Å². The lowest BCUT2D eigenvalue weighted by Gasteiger charge is -2.12. The van der Waals surface area contributed by atoms with Crippen LogP contribution in [0.1, 0.15) is 12.8 Å². The van der Waals surface area contributed by atoms with E-state index in [2.05, 4.69) is 4.98 Å². The highest BCUT2D eigenvalue weighted by molar-refractivity contribution is 7.91. The number of anilines is 1. The number of nitrogens with two attached hydrogens (primary N) is 1. The molecular weight excluding hydrogens is 222 g/mol. The Kier molecular flexibility index (Phi) is 2.46. The second kappa shape index (κ2) is 3.48. The van der Waals surface area contributed by atoms with E-state index in [9.17, 15) is 8.42 Å². The van der Waals surface area contributed by atoms with Crippen molar-refractivity contribution in [1.29, 1.82) is 0 Å². The van der Waals surface area contributed by atoms with Gasteiger partial charge in [-0.25, -0.2) is 13.4 Å². The summed E-state index contributed by atoms with van der Waals surface area (Å²) in [6.45, 7) is 1.22. The van der Waals surface area contributed by atoms with Crippen LogP contribution in [0.4, 0.5) is 5.13 Å². The monoisotopic (exact) mass is 233 g/mol. The number of aromatic nitrogens is 1. The lowest BCUT2D eigenvalue weighted by molar-refractivity contribution is 0.479. The normalized spacial score (nSPS) is 18.9. The van der Waals surface area contributed by atoms with Gasteiger partial charge in [-0.3, -0.25) is 0 Å².